The van der Waals surface area contributed by atoms with Gasteiger partial charge in [0, 0.05) is 0 Å². The van der Waals surface area contributed by atoms with Gasteiger partial charge in [-0.2, -0.15) is 10.2 Å². The zero-order valence-electron chi connectivity index (χ0n) is 6.03. The first-order valence-corrected chi connectivity index (χ1v) is 4.11. The number of thiocarbonyl (C=S) groups is 1. The summed E-state index contributed by atoms with van der Waals surface area (Å²) in [6.07, 6.45) is 4.29. The molecule has 1 spiro atoms. The second kappa shape index (κ2) is 2.41. The number of azo groups is 2. The molecule has 5 heteroatoms. The maximum atomic E-state index is 4.70. The summed E-state index contributed by atoms with van der Waals surface area (Å²) in [7, 11) is 0. The molecule has 1 saturated carbocycles. The summed E-state index contributed by atoms with van der Waals surface area (Å²) in [4.78, 5) is 0. The van der Waals surface area contributed by atoms with Crippen LogP contribution in [-0.2, 0) is 0 Å². The Bertz CT molecular complexity index is 221. The van der Waals surface area contributed by atoms with E-state index in [4.69, 9.17) is 12.2 Å². The molecular formula is C6H8N4S. The fraction of sp³-hybridized carbons (Fsp3) is 0.833. The molecule has 0 atom stereocenters. The monoisotopic (exact) mass is 168 g/mol. The van der Waals surface area contributed by atoms with Crippen molar-refractivity contribution in [2.75, 3.05) is 0 Å². The summed E-state index contributed by atoms with van der Waals surface area (Å²) in [6, 6.07) is 0. The third-order valence-corrected chi connectivity index (χ3v) is 2.21. The van der Waals surface area contributed by atoms with E-state index in [2.05, 4.69) is 20.5 Å². The van der Waals surface area contributed by atoms with Gasteiger partial charge in [0.1, 0.15) is 0 Å². The lowest BCUT2D eigenvalue weighted by atomic mass is 10.1. The Kier molecular flexibility index (Phi) is 1.52. The molecule has 0 amide bonds. The van der Waals surface area contributed by atoms with Gasteiger partial charge >= 0.3 is 0 Å². The van der Waals surface area contributed by atoms with E-state index in [9.17, 15) is 0 Å². The van der Waals surface area contributed by atoms with Crippen molar-refractivity contribution in [2.45, 2.75) is 31.3 Å². The molecule has 2 rings (SSSR count). The molecule has 0 unspecified atom stereocenters. The van der Waals surface area contributed by atoms with Gasteiger partial charge in [-0.3, -0.25) is 0 Å². The first kappa shape index (κ1) is 6.97. The van der Waals surface area contributed by atoms with Crippen LogP contribution in [0.1, 0.15) is 25.7 Å². The highest BCUT2D eigenvalue weighted by Crippen LogP contribution is 2.36. The quantitative estimate of drug-likeness (QED) is 0.512. The van der Waals surface area contributed by atoms with Gasteiger partial charge < -0.3 is 0 Å². The fourth-order valence-electron chi connectivity index (χ4n) is 1.45. The summed E-state index contributed by atoms with van der Waals surface area (Å²) in [6.45, 7) is 0. The maximum Gasteiger partial charge on any atom is 0.259 e. The molecule has 58 valence electrons. The Hall–Kier alpha value is -0.710. The zero-order valence-corrected chi connectivity index (χ0v) is 6.84. The second-order valence-corrected chi connectivity index (χ2v) is 3.24. The van der Waals surface area contributed by atoms with E-state index in [1.165, 1.54) is 12.8 Å². The topological polar surface area (TPSA) is 49.4 Å². The minimum Gasteiger partial charge on any atom is -0.153 e. The van der Waals surface area contributed by atoms with Crippen LogP contribution in [0, 0.1) is 0 Å². The maximum absolute atomic E-state index is 4.70. The van der Waals surface area contributed by atoms with Crippen molar-refractivity contribution in [3.05, 3.63) is 0 Å². The van der Waals surface area contributed by atoms with Crippen LogP contribution in [0.3, 0.4) is 0 Å². The van der Waals surface area contributed by atoms with Crippen molar-refractivity contribution in [3.8, 4) is 0 Å². The van der Waals surface area contributed by atoms with Gasteiger partial charge in [-0.25, -0.2) is 0 Å². The van der Waals surface area contributed by atoms with Crippen molar-refractivity contribution >= 4 is 17.3 Å². The van der Waals surface area contributed by atoms with Gasteiger partial charge in [-0.05, 0) is 37.9 Å². The average molecular weight is 168 g/mol. The standard InChI is InChI=1S/C6H8N4S/c11-5-7-9-6(10-8-5)3-1-2-4-6/h1-4H2. The van der Waals surface area contributed by atoms with Crippen molar-refractivity contribution in [1.29, 1.82) is 0 Å². The van der Waals surface area contributed by atoms with Crippen LogP contribution in [0.5, 0.6) is 0 Å². The fourth-order valence-corrected chi connectivity index (χ4v) is 1.53. The summed E-state index contributed by atoms with van der Waals surface area (Å²) in [5.74, 6) is 0. The highest BCUT2D eigenvalue weighted by molar-refractivity contribution is 7.80. The first-order chi connectivity index (χ1) is 5.31. The van der Waals surface area contributed by atoms with E-state index in [-0.39, 0.29) is 10.8 Å². The van der Waals surface area contributed by atoms with E-state index < -0.39 is 0 Å². The number of nitrogens with zero attached hydrogens (tertiary/aromatic N) is 4. The molecule has 0 saturated heterocycles. The van der Waals surface area contributed by atoms with Gasteiger partial charge in [-0.1, -0.05) is 0 Å². The Labute approximate surface area is 69.8 Å². The van der Waals surface area contributed by atoms with E-state index in [0.717, 1.165) is 12.8 Å². The SMILES string of the molecule is S=C1N=NC2(CCCC2)N=N1. The molecule has 0 aromatic carbocycles. The van der Waals surface area contributed by atoms with Gasteiger partial charge in [-0.15, -0.1) is 10.2 Å². The first-order valence-electron chi connectivity index (χ1n) is 3.71. The summed E-state index contributed by atoms with van der Waals surface area (Å²) in [5, 5.41) is 15.9. The van der Waals surface area contributed by atoms with Crippen LogP contribution < -0.4 is 0 Å². The molecular weight excluding hydrogens is 160 g/mol. The van der Waals surface area contributed by atoms with E-state index >= 15 is 0 Å². The third kappa shape index (κ3) is 1.20. The van der Waals surface area contributed by atoms with Crippen LogP contribution in [0.4, 0.5) is 0 Å². The molecule has 0 radical (unpaired) electrons. The molecule has 1 aliphatic carbocycles. The Morgan fingerprint density at radius 1 is 1.09 bits per heavy atom. The summed E-state index contributed by atoms with van der Waals surface area (Å²) < 4.78 is 0. The van der Waals surface area contributed by atoms with E-state index in [1.807, 2.05) is 0 Å². The normalized spacial score (nSPS) is 26.7. The Balaban J connectivity index is 2.22. The largest absolute Gasteiger partial charge is 0.259 e. The second-order valence-electron chi connectivity index (χ2n) is 2.87. The van der Waals surface area contributed by atoms with Crippen LogP contribution in [-0.4, -0.2) is 10.8 Å². The molecule has 1 heterocycles. The van der Waals surface area contributed by atoms with E-state index in [1.54, 1.807) is 0 Å². The van der Waals surface area contributed by atoms with Gasteiger partial charge in [0.05, 0.1) is 0 Å². The molecule has 0 aromatic heterocycles. The lowest BCUT2D eigenvalue weighted by Crippen LogP contribution is -2.20. The molecule has 11 heavy (non-hydrogen) atoms. The predicted octanol–water partition coefficient (Wildman–Crippen LogP) is 2.46. The molecule has 2 aliphatic rings. The zero-order chi connectivity index (χ0) is 7.73. The van der Waals surface area contributed by atoms with Crippen LogP contribution in [0.25, 0.3) is 0 Å². The number of hydrogen-bond acceptors (Lipinski definition) is 3. The molecule has 1 fully saturated rings. The van der Waals surface area contributed by atoms with Gasteiger partial charge in [0.2, 0.25) is 0 Å². The molecule has 0 N–H and O–H groups in total. The smallest absolute Gasteiger partial charge is 0.153 e. The molecule has 4 nitrogen and oxygen atoms in total. The predicted molar refractivity (Wildman–Crippen MR) is 43.5 cm³/mol. The lowest BCUT2D eigenvalue weighted by Gasteiger charge is -2.17. The van der Waals surface area contributed by atoms with Gasteiger partial charge in [0.25, 0.3) is 5.11 Å². The van der Waals surface area contributed by atoms with Gasteiger partial charge in [0.15, 0.2) is 5.66 Å². The van der Waals surface area contributed by atoms with E-state index in [0.29, 0.717) is 0 Å². The minimum absolute atomic E-state index is 0.252. The number of hydrogen-bond donors (Lipinski definition) is 0. The van der Waals surface area contributed by atoms with Crippen molar-refractivity contribution in [3.63, 3.8) is 0 Å². The third-order valence-electron chi connectivity index (χ3n) is 2.05. The molecule has 1 aliphatic heterocycles. The lowest BCUT2D eigenvalue weighted by molar-refractivity contribution is 0.417. The average Bonchev–Trinajstić information content (AvgIpc) is 2.45. The van der Waals surface area contributed by atoms with Crippen LogP contribution in [0.15, 0.2) is 20.5 Å². The highest BCUT2D eigenvalue weighted by atomic mass is 32.1. The van der Waals surface area contributed by atoms with Crippen LogP contribution in [0.2, 0.25) is 0 Å². The Morgan fingerprint density at radius 3 is 2.18 bits per heavy atom. The highest BCUT2D eigenvalue weighted by Gasteiger charge is 2.35. The minimum atomic E-state index is -0.317. The Morgan fingerprint density at radius 2 is 1.64 bits per heavy atom. The van der Waals surface area contributed by atoms with Crippen LogP contribution >= 0.6 is 12.2 Å². The van der Waals surface area contributed by atoms with Crippen molar-refractivity contribution < 1.29 is 0 Å². The molecule has 0 aromatic rings. The van der Waals surface area contributed by atoms with Crippen molar-refractivity contribution in [2.24, 2.45) is 20.5 Å². The summed E-state index contributed by atoms with van der Waals surface area (Å²) >= 11 is 4.70. The summed E-state index contributed by atoms with van der Waals surface area (Å²) in [5.41, 5.74) is -0.317. The molecule has 0 bridgehead atoms. The number of rotatable bonds is 0. The van der Waals surface area contributed by atoms with Crippen molar-refractivity contribution in [1.82, 2.24) is 0 Å².